The maximum atomic E-state index is 12.9. The molecular weight excluding hydrogens is 480 g/mol. The highest BCUT2D eigenvalue weighted by Crippen LogP contribution is 2.36. The van der Waals surface area contributed by atoms with E-state index in [1.807, 2.05) is 0 Å². The molecule has 0 amide bonds. The van der Waals surface area contributed by atoms with Crippen molar-refractivity contribution in [1.82, 2.24) is 0 Å². The molecule has 0 bridgehead atoms. The van der Waals surface area contributed by atoms with E-state index < -0.39 is 33.1 Å². The third-order valence-corrected chi connectivity index (χ3v) is 6.38. The second-order valence-electron chi connectivity index (χ2n) is 7.52. The minimum Gasteiger partial charge on any atom is -0.496 e. The average Bonchev–Trinajstić information content (AvgIpc) is 2.81. The van der Waals surface area contributed by atoms with Crippen molar-refractivity contribution in [2.24, 2.45) is 0 Å². The van der Waals surface area contributed by atoms with Crippen molar-refractivity contribution < 1.29 is 46.8 Å². The van der Waals surface area contributed by atoms with Gasteiger partial charge in [0.25, 0.3) is 0 Å². The molecule has 0 aliphatic carbocycles. The molecule has 10 nitrogen and oxygen atoms in total. The number of carbonyl (C=O) groups excluding carboxylic acids is 1. The largest absolute Gasteiger partial charge is 0.496 e. The van der Waals surface area contributed by atoms with Crippen molar-refractivity contribution in [3.8, 4) is 23.0 Å². The summed E-state index contributed by atoms with van der Waals surface area (Å²) in [7, 11) is 1.82. The predicted molar refractivity (Wildman–Crippen MR) is 128 cm³/mol. The van der Waals surface area contributed by atoms with E-state index in [-0.39, 0.29) is 16.9 Å². The van der Waals surface area contributed by atoms with Gasteiger partial charge in [-0.1, -0.05) is 6.07 Å². The van der Waals surface area contributed by atoms with Crippen LogP contribution in [0, 0.1) is 0 Å². The van der Waals surface area contributed by atoms with Gasteiger partial charge in [-0.05, 0) is 30.7 Å². The Balaban J connectivity index is 2.47. The van der Waals surface area contributed by atoms with Crippen LogP contribution in [0.1, 0.15) is 30.5 Å². The third-order valence-electron chi connectivity index (χ3n) is 5.10. The van der Waals surface area contributed by atoms with Gasteiger partial charge in [0.2, 0.25) is 5.60 Å². The van der Waals surface area contributed by atoms with Gasteiger partial charge in [-0.2, -0.15) is 0 Å². The fourth-order valence-corrected chi connectivity index (χ4v) is 4.45. The van der Waals surface area contributed by atoms with Gasteiger partial charge in [-0.3, -0.25) is 4.79 Å². The number of methoxy groups -OCH3 is 4. The standard InChI is InChI=1S/C24H28O10S/c1-15(25)34-24(2,23(26)27)19-11-16(7-8-20(19)31-4)14-35(28,29)10-9-18-21(32-5)12-17(30-3)13-22(18)33-6/h7-13H,14H2,1-6H3,(H,26,27). The number of hydrogen-bond donors (Lipinski definition) is 1. The van der Waals surface area contributed by atoms with E-state index in [1.165, 1.54) is 59.6 Å². The second-order valence-corrected chi connectivity index (χ2v) is 9.41. The van der Waals surface area contributed by atoms with Gasteiger partial charge in [0, 0.05) is 30.0 Å². The van der Waals surface area contributed by atoms with Crippen LogP contribution < -0.4 is 18.9 Å². The van der Waals surface area contributed by atoms with Crippen molar-refractivity contribution in [3.63, 3.8) is 0 Å². The zero-order valence-corrected chi connectivity index (χ0v) is 21.1. The third kappa shape index (κ3) is 6.44. The molecule has 1 atom stereocenters. The molecule has 0 spiro atoms. The van der Waals surface area contributed by atoms with Crippen LogP contribution >= 0.6 is 0 Å². The summed E-state index contributed by atoms with van der Waals surface area (Å²) in [6, 6.07) is 7.41. The second kappa shape index (κ2) is 11.1. The molecule has 0 heterocycles. The number of ether oxygens (including phenoxy) is 5. The normalized spacial score (nSPS) is 13.1. The van der Waals surface area contributed by atoms with E-state index >= 15 is 0 Å². The number of rotatable bonds is 11. The Morgan fingerprint density at radius 2 is 1.51 bits per heavy atom. The van der Waals surface area contributed by atoms with E-state index in [1.54, 1.807) is 12.1 Å². The molecule has 1 unspecified atom stereocenters. The van der Waals surface area contributed by atoms with Crippen molar-refractivity contribution in [1.29, 1.82) is 0 Å². The number of carbonyl (C=O) groups is 2. The molecule has 1 N–H and O–H groups in total. The average molecular weight is 509 g/mol. The SMILES string of the molecule is COc1cc(OC)c(C=CS(=O)(=O)Cc2ccc(OC)c(C(C)(OC(C)=O)C(=O)O)c2)c(OC)c1. The summed E-state index contributed by atoms with van der Waals surface area (Å²) >= 11 is 0. The Morgan fingerprint density at radius 3 is 1.97 bits per heavy atom. The first-order valence-corrected chi connectivity index (χ1v) is 11.9. The smallest absolute Gasteiger partial charge is 0.352 e. The zero-order chi connectivity index (χ0) is 26.4. The van der Waals surface area contributed by atoms with E-state index in [9.17, 15) is 23.1 Å². The van der Waals surface area contributed by atoms with Crippen molar-refractivity contribution >= 4 is 27.9 Å². The maximum Gasteiger partial charge on any atom is 0.352 e. The molecule has 0 fully saturated rings. The lowest BCUT2D eigenvalue weighted by atomic mass is 9.93. The number of carboxylic acid groups (broad SMARTS) is 1. The lowest BCUT2D eigenvalue weighted by molar-refractivity contribution is -0.176. The van der Waals surface area contributed by atoms with E-state index in [0.29, 0.717) is 22.8 Å². The van der Waals surface area contributed by atoms with Crippen LogP contribution in [-0.4, -0.2) is 53.9 Å². The summed E-state index contributed by atoms with van der Waals surface area (Å²) in [6.07, 6.45) is 1.34. The molecular formula is C24H28O10S. The Labute approximate surface area is 203 Å². The molecule has 0 saturated heterocycles. The summed E-state index contributed by atoms with van der Waals surface area (Å²) < 4.78 is 51.9. The molecule has 0 aliphatic rings. The summed E-state index contributed by atoms with van der Waals surface area (Å²) in [4.78, 5) is 23.5. The topological polar surface area (TPSA) is 135 Å². The molecule has 0 aliphatic heterocycles. The molecule has 11 heteroatoms. The maximum absolute atomic E-state index is 12.9. The lowest BCUT2D eigenvalue weighted by Crippen LogP contribution is -2.37. The summed E-state index contributed by atoms with van der Waals surface area (Å²) in [5.41, 5.74) is -1.43. The van der Waals surface area contributed by atoms with Crippen LogP contribution in [0.15, 0.2) is 35.7 Å². The van der Waals surface area contributed by atoms with Gasteiger partial charge in [-0.25, -0.2) is 13.2 Å². The first-order chi connectivity index (χ1) is 16.4. The number of sulfone groups is 1. The van der Waals surface area contributed by atoms with Crippen LogP contribution in [0.4, 0.5) is 0 Å². The molecule has 2 aromatic rings. The van der Waals surface area contributed by atoms with Gasteiger partial charge in [0.15, 0.2) is 9.84 Å². The van der Waals surface area contributed by atoms with Crippen LogP contribution in [0.3, 0.4) is 0 Å². The quantitative estimate of drug-likeness (QED) is 0.451. The van der Waals surface area contributed by atoms with Crippen LogP contribution in [0.5, 0.6) is 23.0 Å². The minimum absolute atomic E-state index is 0.00197. The fraction of sp³-hybridized carbons (Fsp3) is 0.333. The highest BCUT2D eigenvalue weighted by atomic mass is 32.2. The Kier molecular flexibility index (Phi) is 8.75. The van der Waals surface area contributed by atoms with Gasteiger partial charge in [-0.15, -0.1) is 0 Å². The number of benzene rings is 2. The summed E-state index contributed by atoms with van der Waals surface area (Å²) in [5.74, 6) is -1.43. The molecule has 0 saturated carbocycles. The summed E-state index contributed by atoms with van der Waals surface area (Å²) in [5, 5.41) is 10.7. The zero-order valence-electron chi connectivity index (χ0n) is 20.3. The van der Waals surface area contributed by atoms with E-state index in [0.717, 1.165) is 12.3 Å². The predicted octanol–water partition coefficient (Wildman–Crippen LogP) is 3.17. The van der Waals surface area contributed by atoms with Gasteiger partial charge >= 0.3 is 11.9 Å². The Morgan fingerprint density at radius 1 is 0.943 bits per heavy atom. The number of hydrogen-bond acceptors (Lipinski definition) is 9. The molecule has 0 aromatic heterocycles. The molecule has 35 heavy (non-hydrogen) atoms. The molecule has 190 valence electrons. The lowest BCUT2D eigenvalue weighted by Gasteiger charge is -2.27. The first-order valence-electron chi connectivity index (χ1n) is 10.2. The molecule has 2 aromatic carbocycles. The van der Waals surface area contributed by atoms with Crippen LogP contribution in [-0.2, 0) is 35.5 Å². The van der Waals surface area contributed by atoms with E-state index in [2.05, 4.69) is 0 Å². The van der Waals surface area contributed by atoms with E-state index in [4.69, 9.17) is 23.7 Å². The monoisotopic (exact) mass is 508 g/mol. The van der Waals surface area contributed by atoms with Crippen molar-refractivity contribution in [2.45, 2.75) is 25.2 Å². The Bertz CT molecular complexity index is 1210. The van der Waals surface area contributed by atoms with Gasteiger partial charge in [0.05, 0.1) is 39.8 Å². The van der Waals surface area contributed by atoms with Gasteiger partial charge < -0.3 is 28.8 Å². The number of aliphatic carboxylic acids is 1. The Hall–Kier alpha value is -3.73. The first kappa shape index (κ1) is 27.5. The van der Waals surface area contributed by atoms with Crippen LogP contribution in [0.2, 0.25) is 0 Å². The highest BCUT2D eigenvalue weighted by molar-refractivity contribution is 7.93. The number of esters is 1. The van der Waals surface area contributed by atoms with Crippen LogP contribution in [0.25, 0.3) is 6.08 Å². The molecule has 0 radical (unpaired) electrons. The highest BCUT2D eigenvalue weighted by Gasteiger charge is 2.41. The molecule has 2 rings (SSSR count). The summed E-state index contributed by atoms with van der Waals surface area (Å²) in [6.45, 7) is 2.27. The van der Waals surface area contributed by atoms with Crippen molar-refractivity contribution in [3.05, 3.63) is 52.4 Å². The number of carboxylic acids is 1. The fourth-order valence-electron chi connectivity index (χ4n) is 3.37. The minimum atomic E-state index is -3.84. The van der Waals surface area contributed by atoms with Crippen molar-refractivity contribution in [2.75, 3.05) is 28.4 Å². The van der Waals surface area contributed by atoms with Gasteiger partial charge in [0.1, 0.15) is 23.0 Å².